The van der Waals surface area contributed by atoms with Crippen LogP contribution < -0.4 is 5.32 Å². The molecule has 3 nitrogen and oxygen atoms in total. The van der Waals surface area contributed by atoms with Gasteiger partial charge in [-0.25, -0.2) is 8.78 Å². The number of H-pyrrole nitrogens is 1. The molecule has 1 unspecified atom stereocenters. The van der Waals surface area contributed by atoms with Gasteiger partial charge in [0.15, 0.2) is 0 Å². The Hall–Kier alpha value is -3.47. The van der Waals surface area contributed by atoms with Crippen LogP contribution in [0, 0.1) is 11.6 Å². The highest BCUT2D eigenvalue weighted by Gasteiger charge is 2.19. The summed E-state index contributed by atoms with van der Waals surface area (Å²) < 4.78 is 26.9. The number of aromatic amines is 1. The summed E-state index contributed by atoms with van der Waals surface area (Å²) in [6.45, 7) is 0.294. The van der Waals surface area contributed by atoms with Crippen molar-refractivity contribution in [2.75, 3.05) is 6.54 Å². The number of halogens is 2. The second-order valence-corrected chi connectivity index (χ2v) is 6.62. The highest BCUT2D eigenvalue weighted by Crippen LogP contribution is 2.30. The lowest BCUT2D eigenvalue weighted by Gasteiger charge is -2.18. The summed E-state index contributed by atoms with van der Waals surface area (Å²) in [5.74, 6) is -2.18. The standard InChI is InChI=1S/C23H18F2N2O/c24-17-10-16(11-18(25)12-17)23(28)27-13-20(15-6-2-1-3-7-15)21-14-26-22-9-5-4-8-19(21)22/h1-12,14,20,26H,13H2,(H,27,28). The van der Waals surface area contributed by atoms with Crippen molar-refractivity contribution in [3.8, 4) is 0 Å². The maximum atomic E-state index is 13.4. The monoisotopic (exact) mass is 376 g/mol. The van der Waals surface area contributed by atoms with Crippen LogP contribution >= 0.6 is 0 Å². The average Bonchev–Trinajstić information content (AvgIpc) is 3.12. The molecule has 1 heterocycles. The Labute approximate surface area is 161 Å². The number of aromatic nitrogens is 1. The Morgan fingerprint density at radius 1 is 0.929 bits per heavy atom. The first-order chi connectivity index (χ1) is 13.6. The number of fused-ring (bicyclic) bond motifs is 1. The van der Waals surface area contributed by atoms with Crippen LogP contribution in [0.5, 0.6) is 0 Å². The van der Waals surface area contributed by atoms with Crippen molar-refractivity contribution < 1.29 is 13.6 Å². The lowest BCUT2D eigenvalue weighted by atomic mass is 9.91. The van der Waals surface area contributed by atoms with Crippen LogP contribution in [-0.4, -0.2) is 17.4 Å². The van der Waals surface area contributed by atoms with E-state index in [0.717, 1.165) is 40.2 Å². The Bertz CT molecular complexity index is 1100. The van der Waals surface area contributed by atoms with Gasteiger partial charge in [-0.1, -0.05) is 48.5 Å². The van der Waals surface area contributed by atoms with E-state index in [0.29, 0.717) is 6.54 Å². The molecule has 0 saturated heterocycles. The summed E-state index contributed by atoms with van der Waals surface area (Å²) in [6, 6.07) is 20.6. The van der Waals surface area contributed by atoms with E-state index in [1.165, 1.54) is 0 Å². The third-order valence-corrected chi connectivity index (χ3v) is 4.79. The topological polar surface area (TPSA) is 44.9 Å². The fraction of sp³-hybridized carbons (Fsp3) is 0.0870. The number of rotatable bonds is 5. The second-order valence-electron chi connectivity index (χ2n) is 6.62. The van der Waals surface area contributed by atoms with E-state index in [9.17, 15) is 13.6 Å². The van der Waals surface area contributed by atoms with Crippen LogP contribution in [0.4, 0.5) is 8.78 Å². The molecule has 1 amide bonds. The van der Waals surface area contributed by atoms with E-state index < -0.39 is 17.5 Å². The summed E-state index contributed by atoms with van der Waals surface area (Å²) in [5, 5.41) is 3.89. The van der Waals surface area contributed by atoms with E-state index in [1.807, 2.05) is 60.8 Å². The molecule has 2 N–H and O–H groups in total. The Morgan fingerprint density at radius 3 is 2.36 bits per heavy atom. The van der Waals surface area contributed by atoms with Crippen molar-refractivity contribution in [1.29, 1.82) is 0 Å². The largest absolute Gasteiger partial charge is 0.361 e. The van der Waals surface area contributed by atoms with Crippen molar-refractivity contribution >= 4 is 16.8 Å². The smallest absolute Gasteiger partial charge is 0.251 e. The van der Waals surface area contributed by atoms with Crippen LogP contribution in [0.1, 0.15) is 27.4 Å². The van der Waals surface area contributed by atoms with Gasteiger partial charge in [0.2, 0.25) is 0 Å². The molecule has 0 fully saturated rings. The first-order valence-corrected chi connectivity index (χ1v) is 8.97. The van der Waals surface area contributed by atoms with Gasteiger partial charge in [-0.3, -0.25) is 4.79 Å². The Morgan fingerprint density at radius 2 is 1.61 bits per heavy atom. The van der Waals surface area contributed by atoms with E-state index in [1.54, 1.807) is 0 Å². The number of carbonyl (C=O) groups excluding carboxylic acids is 1. The quantitative estimate of drug-likeness (QED) is 0.505. The average molecular weight is 376 g/mol. The zero-order valence-electron chi connectivity index (χ0n) is 15.0. The molecule has 4 rings (SSSR count). The summed E-state index contributed by atoms with van der Waals surface area (Å²) in [4.78, 5) is 15.7. The van der Waals surface area contributed by atoms with Crippen LogP contribution in [0.25, 0.3) is 10.9 Å². The van der Waals surface area contributed by atoms with E-state index >= 15 is 0 Å². The van der Waals surface area contributed by atoms with Gasteiger partial charge in [-0.15, -0.1) is 0 Å². The summed E-state index contributed by atoms with van der Waals surface area (Å²) >= 11 is 0. The molecule has 0 radical (unpaired) electrons. The maximum Gasteiger partial charge on any atom is 0.251 e. The third kappa shape index (κ3) is 3.64. The van der Waals surface area contributed by atoms with Crippen molar-refractivity contribution in [1.82, 2.24) is 10.3 Å². The third-order valence-electron chi connectivity index (χ3n) is 4.79. The normalized spacial score (nSPS) is 12.1. The van der Waals surface area contributed by atoms with Crippen molar-refractivity contribution in [2.45, 2.75) is 5.92 Å². The van der Waals surface area contributed by atoms with Crippen molar-refractivity contribution in [2.24, 2.45) is 0 Å². The van der Waals surface area contributed by atoms with Gasteiger partial charge in [-0.05, 0) is 29.3 Å². The number of hydrogen-bond donors (Lipinski definition) is 2. The van der Waals surface area contributed by atoms with Gasteiger partial charge in [0.1, 0.15) is 11.6 Å². The molecule has 0 aliphatic rings. The van der Waals surface area contributed by atoms with Crippen LogP contribution in [0.2, 0.25) is 0 Å². The summed E-state index contributed by atoms with van der Waals surface area (Å²) in [7, 11) is 0. The number of nitrogens with one attached hydrogen (secondary N) is 2. The number of benzene rings is 3. The fourth-order valence-corrected chi connectivity index (χ4v) is 3.46. The molecule has 0 aliphatic heterocycles. The maximum absolute atomic E-state index is 13.4. The molecule has 5 heteroatoms. The van der Waals surface area contributed by atoms with Gasteiger partial charge in [0.25, 0.3) is 5.91 Å². The summed E-state index contributed by atoms with van der Waals surface area (Å²) in [6.07, 6.45) is 1.94. The Balaban J connectivity index is 1.64. The molecule has 0 bridgehead atoms. The number of amides is 1. The minimum atomic E-state index is -0.776. The predicted molar refractivity (Wildman–Crippen MR) is 105 cm³/mol. The predicted octanol–water partition coefficient (Wildman–Crippen LogP) is 5.01. The number of hydrogen-bond acceptors (Lipinski definition) is 1. The van der Waals surface area contributed by atoms with Crippen LogP contribution in [0.3, 0.4) is 0 Å². The molecular formula is C23H18F2N2O. The minimum Gasteiger partial charge on any atom is -0.361 e. The molecule has 4 aromatic rings. The molecule has 3 aromatic carbocycles. The number of para-hydroxylation sites is 1. The molecule has 1 aromatic heterocycles. The summed E-state index contributed by atoms with van der Waals surface area (Å²) in [5.41, 5.74) is 3.06. The SMILES string of the molecule is O=C(NCC(c1ccccc1)c1c[nH]c2ccccc12)c1cc(F)cc(F)c1. The van der Waals surface area contributed by atoms with Gasteiger partial charge >= 0.3 is 0 Å². The molecular weight excluding hydrogens is 358 g/mol. The molecule has 1 atom stereocenters. The van der Waals surface area contributed by atoms with Gasteiger partial charge in [0, 0.05) is 41.2 Å². The van der Waals surface area contributed by atoms with Crippen LogP contribution in [-0.2, 0) is 0 Å². The molecule has 28 heavy (non-hydrogen) atoms. The van der Waals surface area contributed by atoms with Gasteiger partial charge < -0.3 is 10.3 Å². The lowest BCUT2D eigenvalue weighted by molar-refractivity contribution is 0.0951. The van der Waals surface area contributed by atoms with E-state index in [-0.39, 0.29) is 11.5 Å². The Kier molecular flexibility index (Phi) is 4.89. The van der Waals surface area contributed by atoms with Gasteiger partial charge in [-0.2, -0.15) is 0 Å². The highest BCUT2D eigenvalue weighted by atomic mass is 19.1. The number of carbonyl (C=O) groups is 1. The molecule has 140 valence electrons. The molecule has 0 spiro atoms. The first kappa shape index (κ1) is 17.9. The highest BCUT2D eigenvalue weighted by molar-refractivity contribution is 5.94. The second kappa shape index (κ2) is 7.64. The van der Waals surface area contributed by atoms with Crippen molar-refractivity contribution in [3.05, 3.63) is 107 Å². The lowest BCUT2D eigenvalue weighted by Crippen LogP contribution is -2.29. The van der Waals surface area contributed by atoms with Gasteiger partial charge in [0.05, 0.1) is 0 Å². The van der Waals surface area contributed by atoms with Crippen molar-refractivity contribution in [3.63, 3.8) is 0 Å². The molecule has 0 saturated carbocycles. The van der Waals surface area contributed by atoms with E-state index in [2.05, 4.69) is 10.3 Å². The first-order valence-electron chi connectivity index (χ1n) is 8.97. The zero-order chi connectivity index (χ0) is 19.5. The van der Waals surface area contributed by atoms with Crippen LogP contribution in [0.15, 0.2) is 79.0 Å². The fourth-order valence-electron chi connectivity index (χ4n) is 3.46. The zero-order valence-corrected chi connectivity index (χ0v) is 15.0. The molecule has 0 aliphatic carbocycles. The minimum absolute atomic E-state index is 0.0387. The van der Waals surface area contributed by atoms with E-state index in [4.69, 9.17) is 0 Å².